The third-order valence-corrected chi connectivity index (χ3v) is 6.22. The minimum Gasteiger partial charge on any atom is -0.504 e. The molecule has 5 atom stereocenters. The lowest BCUT2D eigenvalue weighted by molar-refractivity contribution is -0.288. The molecule has 238 valence electrons. The molecule has 1 aromatic heterocycles. The molecule has 1 aliphatic rings. The zero-order valence-corrected chi connectivity index (χ0v) is 24.4. The topological polar surface area (TPSA) is 200 Å². The van der Waals surface area contributed by atoms with Crippen LogP contribution in [-0.4, -0.2) is 72.3 Å². The summed E-state index contributed by atoms with van der Waals surface area (Å²) in [6, 6.07) is 11.6. The summed E-state index contributed by atoms with van der Waals surface area (Å²) in [5.74, 6) is -5.51. The number of esters is 5. The maximum absolute atomic E-state index is 12.7. The van der Waals surface area contributed by atoms with Crippen LogP contribution in [0.3, 0.4) is 0 Å². The first-order valence-corrected chi connectivity index (χ1v) is 13.4. The first kappa shape index (κ1) is 32.5. The fraction of sp³-hybridized carbons (Fsp3) is 0.333. The number of fused-ring (bicyclic) bond motifs is 1. The molecule has 2 aromatic carbocycles. The van der Waals surface area contributed by atoms with Gasteiger partial charge in [-0.1, -0.05) is 18.2 Å². The second-order valence-electron chi connectivity index (χ2n) is 9.67. The van der Waals surface area contributed by atoms with Gasteiger partial charge >= 0.3 is 35.5 Å². The zero-order chi connectivity index (χ0) is 32.8. The molecule has 4 rings (SSSR count). The van der Waals surface area contributed by atoms with Crippen LogP contribution in [0.2, 0.25) is 0 Å². The molecule has 1 saturated heterocycles. The van der Waals surface area contributed by atoms with E-state index >= 15 is 0 Å². The first-order valence-electron chi connectivity index (χ1n) is 13.4. The molecular weight excluding hydrogens is 600 g/mol. The summed E-state index contributed by atoms with van der Waals surface area (Å²) in [7, 11) is 0. The number of carbonyl (C=O) groups excluding carboxylic acids is 5. The van der Waals surface area contributed by atoms with E-state index in [1.165, 1.54) is 30.3 Å². The van der Waals surface area contributed by atoms with E-state index in [4.69, 9.17) is 37.6 Å². The summed E-state index contributed by atoms with van der Waals surface area (Å²) in [6.45, 7) is 3.90. The molecule has 0 radical (unpaired) electrons. The highest BCUT2D eigenvalue weighted by atomic mass is 16.7. The molecule has 1 aliphatic heterocycles. The summed E-state index contributed by atoms with van der Waals surface area (Å²) < 4.78 is 43.3. The van der Waals surface area contributed by atoms with Gasteiger partial charge in [0.2, 0.25) is 12.4 Å². The summed E-state index contributed by atoms with van der Waals surface area (Å²) in [4.78, 5) is 72.7. The maximum Gasteiger partial charge on any atom is 0.383 e. The lowest BCUT2D eigenvalue weighted by Gasteiger charge is -2.43. The summed E-state index contributed by atoms with van der Waals surface area (Å²) in [5, 5.41) is 10.7. The van der Waals surface area contributed by atoms with Crippen LogP contribution < -0.4 is 15.1 Å². The number of carbonyl (C=O) groups is 5. The Morgan fingerprint density at radius 2 is 1.42 bits per heavy atom. The SMILES string of the molecule is CC(=O)OC[C@H]1O[C@@H](Oc2ccc3c(O)c(OC(=O)c4ccccc4)c(=O)oc3c2)[C@H](OC(C)=O)[C@@H](OC(C)=O)[C@H]1OC(C)=O. The van der Waals surface area contributed by atoms with Gasteiger partial charge in [-0.05, 0) is 24.3 Å². The van der Waals surface area contributed by atoms with E-state index in [0.717, 1.165) is 27.7 Å². The molecule has 15 nitrogen and oxygen atoms in total. The number of hydrogen-bond donors (Lipinski definition) is 1. The average Bonchev–Trinajstić information content (AvgIpc) is 2.96. The monoisotopic (exact) mass is 628 g/mol. The van der Waals surface area contributed by atoms with Gasteiger partial charge in [-0.2, -0.15) is 0 Å². The molecule has 0 unspecified atom stereocenters. The highest BCUT2D eigenvalue weighted by Crippen LogP contribution is 2.36. The fourth-order valence-corrected chi connectivity index (χ4v) is 4.45. The second-order valence-corrected chi connectivity index (χ2v) is 9.67. The predicted octanol–water partition coefficient (Wildman–Crippen LogP) is 2.18. The normalized spacial score (nSPS) is 20.8. The van der Waals surface area contributed by atoms with Gasteiger partial charge in [0.15, 0.2) is 18.0 Å². The van der Waals surface area contributed by atoms with Gasteiger partial charge in [-0.15, -0.1) is 0 Å². The van der Waals surface area contributed by atoms with Crippen LogP contribution in [0.25, 0.3) is 11.0 Å². The van der Waals surface area contributed by atoms with Gasteiger partial charge in [0.05, 0.1) is 10.9 Å². The Bertz CT molecular complexity index is 1660. The maximum atomic E-state index is 12.7. The zero-order valence-electron chi connectivity index (χ0n) is 24.4. The summed E-state index contributed by atoms with van der Waals surface area (Å²) in [5.41, 5.74) is -1.24. The highest BCUT2D eigenvalue weighted by Gasteiger charge is 2.53. The van der Waals surface area contributed by atoms with Crippen LogP contribution in [0.4, 0.5) is 0 Å². The van der Waals surface area contributed by atoms with Crippen LogP contribution in [0.1, 0.15) is 38.1 Å². The van der Waals surface area contributed by atoms with Crippen molar-refractivity contribution in [1.82, 2.24) is 0 Å². The number of rotatable bonds is 9. The molecule has 0 amide bonds. The first-order chi connectivity index (χ1) is 21.3. The van der Waals surface area contributed by atoms with E-state index < -0.39 is 84.3 Å². The Balaban J connectivity index is 1.68. The lowest BCUT2D eigenvalue weighted by Crippen LogP contribution is -2.63. The van der Waals surface area contributed by atoms with E-state index in [9.17, 15) is 33.9 Å². The molecule has 0 spiro atoms. The molecule has 1 N–H and O–H groups in total. The Kier molecular flexibility index (Phi) is 10.0. The van der Waals surface area contributed by atoms with E-state index in [-0.39, 0.29) is 22.3 Å². The van der Waals surface area contributed by atoms with Crippen molar-refractivity contribution in [3.8, 4) is 17.2 Å². The molecule has 0 aliphatic carbocycles. The van der Waals surface area contributed by atoms with Crippen LogP contribution >= 0.6 is 0 Å². The smallest absolute Gasteiger partial charge is 0.383 e. The van der Waals surface area contributed by atoms with E-state index in [2.05, 4.69) is 0 Å². The third-order valence-electron chi connectivity index (χ3n) is 6.22. The largest absolute Gasteiger partial charge is 0.504 e. The van der Waals surface area contributed by atoms with Gasteiger partial charge < -0.3 is 42.7 Å². The fourth-order valence-electron chi connectivity index (χ4n) is 4.45. The number of hydrogen-bond acceptors (Lipinski definition) is 15. The Hall–Kier alpha value is -5.44. The minimum absolute atomic E-state index is 0.0284. The molecular formula is C30H28O15. The predicted molar refractivity (Wildman–Crippen MR) is 148 cm³/mol. The van der Waals surface area contributed by atoms with Gasteiger partial charge in [-0.25, -0.2) is 9.59 Å². The van der Waals surface area contributed by atoms with Crippen molar-refractivity contribution < 1.29 is 66.7 Å². The van der Waals surface area contributed by atoms with Crippen molar-refractivity contribution in [1.29, 1.82) is 0 Å². The lowest BCUT2D eigenvalue weighted by atomic mass is 9.98. The van der Waals surface area contributed by atoms with Crippen LogP contribution in [0.15, 0.2) is 57.7 Å². The van der Waals surface area contributed by atoms with Gasteiger partial charge in [0.25, 0.3) is 5.75 Å². The standard InChI is InChI=1S/C30H28O15/c1-14(31)38-13-22-24(39-15(2)32)26(40-16(3)33)27(41-17(4)34)30(44-22)42-19-10-11-20-21(12-19)43-29(37)25(23(20)35)45-28(36)18-8-6-5-7-9-18/h5-12,22,24,26-27,30,35H,13H2,1-4H3/t22-,24+,26+,27-,30-/m1/s1. The van der Waals surface area contributed by atoms with E-state index in [1.54, 1.807) is 18.2 Å². The molecule has 3 aromatic rings. The average molecular weight is 629 g/mol. The van der Waals surface area contributed by atoms with Crippen LogP contribution in [0.5, 0.6) is 17.2 Å². The van der Waals surface area contributed by atoms with Gasteiger partial charge in [0, 0.05) is 33.8 Å². The van der Waals surface area contributed by atoms with Crippen molar-refractivity contribution in [2.75, 3.05) is 6.61 Å². The molecule has 45 heavy (non-hydrogen) atoms. The molecule has 0 bridgehead atoms. The molecule has 2 heterocycles. The summed E-state index contributed by atoms with van der Waals surface area (Å²) >= 11 is 0. The van der Waals surface area contributed by atoms with Gasteiger partial charge in [0.1, 0.15) is 24.0 Å². The van der Waals surface area contributed by atoms with E-state index in [0.29, 0.717) is 0 Å². The van der Waals surface area contributed by atoms with Crippen molar-refractivity contribution in [2.45, 2.75) is 58.4 Å². The Morgan fingerprint density at radius 3 is 2.04 bits per heavy atom. The number of benzene rings is 2. The minimum atomic E-state index is -1.56. The van der Waals surface area contributed by atoms with Crippen molar-refractivity contribution in [3.63, 3.8) is 0 Å². The van der Waals surface area contributed by atoms with Gasteiger partial charge in [-0.3, -0.25) is 19.2 Å². The summed E-state index contributed by atoms with van der Waals surface area (Å²) in [6.07, 6.45) is -7.20. The molecule has 0 saturated carbocycles. The van der Waals surface area contributed by atoms with Crippen LogP contribution in [0, 0.1) is 0 Å². The van der Waals surface area contributed by atoms with Crippen molar-refractivity contribution >= 4 is 40.8 Å². The van der Waals surface area contributed by atoms with Crippen molar-refractivity contribution in [3.05, 3.63) is 64.5 Å². The third kappa shape index (κ3) is 7.94. The molecule has 15 heteroatoms. The second kappa shape index (κ2) is 13.9. The van der Waals surface area contributed by atoms with Crippen molar-refractivity contribution in [2.24, 2.45) is 0 Å². The number of ether oxygens (including phenoxy) is 7. The number of aromatic hydroxyl groups is 1. The highest BCUT2D eigenvalue weighted by molar-refractivity contribution is 5.93. The quantitative estimate of drug-likeness (QED) is 0.205. The van der Waals surface area contributed by atoms with Crippen LogP contribution in [-0.2, 0) is 42.9 Å². The Labute approximate surface area is 254 Å². The van der Waals surface area contributed by atoms with E-state index in [1.807, 2.05) is 0 Å². The Morgan fingerprint density at radius 1 is 0.800 bits per heavy atom. The molecule has 1 fully saturated rings.